The first-order valence-corrected chi connectivity index (χ1v) is 7.95. The molecule has 1 heterocycles. The number of carbonyl (C=O) groups is 1. The Balaban J connectivity index is 1.99. The number of amides is 1. The fraction of sp³-hybridized carbons (Fsp3) is 0.938. The zero-order valence-corrected chi connectivity index (χ0v) is 12.8. The molecule has 2 fully saturated rings. The Bertz CT molecular complexity index is 327. The number of carbonyl (C=O) groups excluding carboxylic acids is 1. The Labute approximate surface area is 117 Å². The minimum absolute atomic E-state index is 0.0671. The van der Waals surface area contributed by atoms with Crippen molar-refractivity contribution in [2.75, 3.05) is 13.1 Å². The van der Waals surface area contributed by atoms with Gasteiger partial charge in [-0.3, -0.25) is 4.79 Å². The number of likely N-dealkylation sites (tertiary alicyclic amines) is 1. The highest BCUT2D eigenvalue weighted by molar-refractivity contribution is 5.79. The molecule has 0 bridgehead atoms. The van der Waals surface area contributed by atoms with E-state index in [2.05, 4.69) is 25.7 Å². The molecule has 1 aliphatic heterocycles. The number of hydrogen-bond acceptors (Lipinski definition) is 2. The van der Waals surface area contributed by atoms with E-state index >= 15 is 0 Å². The fourth-order valence-electron chi connectivity index (χ4n) is 3.61. The second-order valence-corrected chi connectivity index (χ2v) is 7.44. The van der Waals surface area contributed by atoms with Crippen LogP contribution in [0.25, 0.3) is 0 Å². The SMILES string of the molecule is CC1CCCC(C(=O)N2CCCC(C)(C)CC2)C1N. The number of hydrogen-bond donors (Lipinski definition) is 1. The summed E-state index contributed by atoms with van der Waals surface area (Å²) < 4.78 is 0. The van der Waals surface area contributed by atoms with Crippen molar-refractivity contribution in [2.45, 2.75) is 65.3 Å². The van der Waals surface area contributed by atoms with Crippen molar-refractivity contribution in [1.82, 2.24) is 4.90 Å². The van der Waals surface area contributed by atoms with Crippen LogP contribution in [0.3, 0.4) is 0 Å². The van der Waals surface area contributed by atoms with Crippen molar-refractivity contribution >= 4 is 5.91 Å². The van der Waals surface area contributed by atoms with Crippen LogP contribution < -0.4 is 5.73 Å². The Kier molecular flexibility index (Phi) is 4.54. The highest BCUT2D eigenvalue weighted by Gasteiger charge is 2.36. The van der Waals surface area contributed by atoms with E-state index in [1.807, 2.05) is 0 Å². The van der Waals surface area contributed by atoms with Crippen molar-refractivity contribution < 1.29 is 4.79 Å². The van der Waals surface area contributed by atoms with Gasteiger partial charge in [0.15, 0.2) is 0 Å². The molecule has 3 nitrogen and oxygen atoms in total. The molecule has 0 aromatic carbocycles. The lowest BCUT2D eigenvalue weighted by Crippen LogP contribution is -2.49. The number of nitrogens with zero attached hydrogens (tertiary/aromatic N) is 1. The van der Waals surface area contributed by atoms with Gasteiger partial charge in [-0.25, -0.2) is 0 Å². The van der Waals surface area contributed by atoms with Gasteiger partial charge in [0.25, 0.3) is 0 Å². The lowest BCUT2D eigenvalue weighted by Gasteiger charge is -2.36. The topological polar surface area (TPSA) is 46.3 Å². The molecule has 110 valence electrons. The summed E-state index contributed by atoms with van der Waals surface area (Å²) in [4.78, 5) is 14.8. The van der Waals surface area contributed by atoms with Crippen LogP contribution in [0.4, 0.5) is 0 Å². The zero-order chi connectivity index (χ0) is 14.0. The highest BCUT2D eigenvalue weighted by Crippen LogP contribution is 2.33. The smallest absolute Gasteiger partial charge is 0.227 e. The fourth-order valence-corrected chi connectivity index (χ4v) is 3.61. The van der Waals surface area contributed by atoms with E-state index in [0.29, 0.717) is 17.2 Å². The predicted octanol–water partition coefficient (Wildman–Crippen LogP) is 2.79. The Hall–Kier alpha value is -0.570. The molecule has 0 aromatic heterocycles. The summed E-state index contributed by atoms with van der Waals surface area (Å²) >= 11 is 0. The van der Waals surface area contributed by atoms with Gasteiger partial charge in [0.05, 0.1) is 5.92 Å². The van der Waals surface area contributed by atoms with Gasteiger partial charge in [0, 0.05) is 19.1 Å². The van der Waals surface area contributed by atoms with Crippen LogP contribution in [-0.2, 0) is 4.79 Å². The average Bonchev–Trinajstić information content (AvgIpc) is 2.53. The van der Waals surface area contributed by atoms with Crippen molar-refractivity contribution in [2.24, 2.45) is 23.0 Å². The van der Waals surface area contributed by atoms with E-state index in [-0.39, 0.29) is 12.0 Å². The molecule has 1 amide bonds. The van der Waals surface area contributed by atoms with Crippen molar-refractivity contribution in [3.63, 3.8) is 0 Å². The molecule has 3 atom stereocenters. The lowest BCUT2D eigenvalue weighted by atomic mass is 9.77. The summed E-state index contributed by atoms with van der Waals surface area (Å²) in [5, 5.41) is 0. The number of nitrogens with two attached hydrogens (primary N) is 1. The Morgan fingerprint density at radius 1 is 1.16 bits per heavy atom. The standard InChI is InChI=1S/C16H30N2O/c1-12-6-4-7-13(14(12)17)15(19)18-10-5-8-16(2,3)9-11-18/h12-14H,4-11,17H2,1-3H3. The first-order chi connectivity index (χ1) is 8.91. The second-order valence-electron chi connectivity index (χ2n) is 7.44. The first-order valence-electron chi connectivity index (χ1n) is 7.95. The molecule has 0 radical (unpaired) electrons. The molecule has 0 spiro atoms. The van der Waals surface area contributed by atoms with Gasteiger partial charge >= 0.3 is 0 Å². The van der Waals surface area contributed by atoms with E-state index in [9.17, 15) is 4.79 Å². The molecular formula is C16H30N2O. The highest BCUT2D eigenvalue weighted by atomic mass is 16.2. The van der Waals surface area contributed by atoms with Gasteiger partial charge in [-0.2, -0.15) is 0 Å². The summed E-state index contributed by atoms with van der Waals surface area (Å²) in [6.45, 7) is 8.67. The molecule has 2 rings (SSSR count). The van der Waals surface area contributed by atoms with Crippen LogP contribution >= 0.6 is 0 Å². The minimum atomic E-state index is 0.0671. The maximum Gasteiger partial charge on any atom is 0.227 e. The summed E-state index contributed by atoms with van der Waals surface area (Å²) in [6, 6.07) is 0.0671. The Morgan fingerprint density at radius 3 is 2.63 bits per heavy atom. The summed E-state index contributed by atoms with van der Waals surface area (Å²) in [5.41, 5.74) is 6.66. The van der Waals surface area contributed by atoms with Gasteiger partial charge < -0.3 is 10.6 Å². The van der Waals surface area contributed by atoms with E-state index in [1.54, 1.807) is 0 Å². The molecule has 2 aliphatic rings. The quantitative estimate of drug-likeness (QED) is 0.793. The zero-order valence-electron chi connectivity index (χ0n) is 12.8. The van der Waals surface area contributed by atoms with E-state index in [0.717, 1.165) is 38.8 Å². The molecule has 19 heavy (non-hydrogen) atoms. The van der Waals surface area contributed by atoms with Crippen LogP contribution in [0.2, 0.25) is 0 Å². The lowest BCUT2D eigenvalue weighted by molar-refractivity contribution is -0.137. The summed E-state index contributed by atoms with van der Waals surface area (Å²) in [7, 11) is 0. The summed E-state index contributed by atoms with van der Waals surface area (Å²) in [6.07, 6.45) is 6.81. The van der Waals surface area contributed by atoms with Crippen LogP contribution in [0.15, 0.2) is 0 Å². The second kappa shape index (κ2) is 5.82. The van der Waals surface area contributed by atoms with Crippen molar-refractivity contribution in [1.29, 1.82) is 0 Å². The van der Waals surface area contributed by atoms with Gasteiger partial charge in [-0.1, -0.05) is 27.2 Å². The van der Waals surface area contributed by atoms with Gasteiger partial charge in [0.1, 0.15) is 0 Å². The molecule has 1 saturated heterocycles. The van der Waals surface area contributed by atoms with Crippen molar-refractivity contribution in [3.05, 3.63) is 0 Å². The van der Waals surface area contributed by atoms with Gasteiger partial charge in [-0.05, 0) is 43.4 Å². The average molecular weight is 266 g/mol. The molecule has 1 aliphatic carbocycles. The monoisotopic (exact) mass is 266 g/mol. The molecule has 1 saturated carbocycles. The largest absolute Gasteiger partial charge is 0.342 e. The van der Waals surface area contributed by atoms with Crippen LogP contribution in [0.5, 0.6) is 0 Å². The van der Waals surface area contributed by atoms with Gasteiger partial charge in [-0.15, -0.1) is 0 Å². The third-order valence-electron chi connectivity index (χ3n) is 5.27. The van der Waals surface area contributed by atoms with Crippen LogP contribution in [0.1, 0.15) is 59.3 Å². The minimum Gasteiger partial charge on any atom is -0.342 e. The Morgan fingerprint density at radius 2 is 1.89 bits per heavy atom. The number of rotatable bonds is 1. The van der Waals surface area contributed by atoms with Crippen LogP contribution in [0, 0.1) is 17.3 Å². The third kappa shape index (κ3) is 3.50. The summed E-state index contributed by atoms with van der Waals surface area (Å²) in [5.74, 6) is 0.896. The molecule has 3 heteroatoms. The molecule has 3 unspecified atom stereocenters. The normalized spacial score (nSPS) is 35.8. The maximum absolute atomic E-state index is 12.7. The van der Waals surface area contributed by atoms with E-state index in [1.165, 1.54) is 12.8 Å². The van der Waals surface area contributed by atoms with Crippen molar-refractivity contribution in [3.8, 4) is 0 Å². The van der Waals surface area contributed by atoms with Gasteiger partial charge in [0.2, 0.25) is 5.91 Å². The molecule has 0 aromatic rings. The van der Waals surface area contributed by atoms with E-state index < -0.39 is 0 Å². The maximum atomic E-state index is 12.7. The molecular weight excluding hydrogens is 236 g/mol. The third-order valence-corrected chi connectivity index (χ3v) is 5.27. The van der Waals surface area contributed by atoms with E-state index in [4.69, 9.17) is 5.73 Å². The van der Waals surface area contributed by atoms with Crippen LogP contribution in [-0.4, -0.2) is 29.9 Å². The predicted molar refractivity (Wildman–Crippen MR) is 78.7 cm³/mol. The first kappa shape index (κ1) is 14.8. The molecule has 2 N–H and O–H groups in total.